The first-order chi connectivity index (χ1) is 15.8. The molecular formula is C25H25N5O3. The zero-order valence-electron chi connectivity index (χ0n) is 18.7. The van der Waals surface area contributed by atoms with Gasteiger partial charge in [-0.1, -0.05) is 24.3 Å². The van der Waals surface area contributed by atoms with E-state index in [-0.39, 0.29) is 17.8 Å². The maximum atomic E-state index is 13.6. The molecule has 2 spiro atoms. The van der Waals surface area contributed by atoms with E-state index in [1.165, 1.54) is 4.90 Å². The van der Waals surface area contributed by atoms with Crippen LogP contribution in [0.3, 0.4) is 0 Å². The molecule has 0 radical (unpaired) electrons. The fourth-order valence-electron chi connectivity index (χ4n) is 5.21. The number of rotatable bonds is 1. The van der Waals surface area contributed by atoms with Crippen molar-refractivity contribution in [2.45, 2.75) is 37.3 Å². The Morgan fingerprint density at radius 1 is 1.18 bits per heavy atom. The smallest absolute Gasteiger partial charge is 0.261 e. The van der Waals surface area contributed by atoms with Gasteiger partial charge >= 0.3 is 0 Å². The normalized spacial score (nSPS) is 23.2. The van der Waals surface area contributed by atoms with Crippen molar-refractivity contribution in [3.8, 4) is 16.9 Å². The fourth-order valence-corrected chi connectivity index (χ4v) is 5.21. The summed E-state index contributed by atoms with van der Waals surface area (Å²) in [4.78, 5) is 36.9. The van der Waals surface area contributed by atoms with Crippen LogP contribution in [-0.4, -0.2) is 53.3 Å². The van der Waals surface area contributed by atoms with E-state index >= 15 is 0 Å². The zero-order chi connectivity index (χ0) is 23.4. The average molecular weight is 444 g/mol. The van der Waals surface area contributed by atoms with Gasteiger partial charge in [-0.25, -0.2) is 9.84 Å². The van der Waals surface area contributed by atoms with Crippen molar-refractivity contribution in [2.24, 2.45) is 10.7 Å². The van der Waals surface area contributed by atoms with Gasteiger partial charge in [0.05, 0.1) is 6.57 Å². The summed E-state index contributed by atoms with van der Waals surface area (Å²) in [6.07, 6.45) is 1.61. The molecule has 2 amide bonds. The monoisotopic (exact) mass is 443 g/mol. The number of piperidine rings is 1. The summed E-state index contributed by atoms with van der Waals surface area (Å²) in [5.41, 5.74) is 7.35. The molecule has 1 atom stereocenters. The molecule has 3 aliphatic rings. The van der Waals surface area contributed by atoms with Crippen LogP contribution in [0.4, 0.5) is 5.69 Å². The quantitative estimate of drug-likeness (QED) is 0.686. The second-order valence-electron chi connectivity index (χ2n) is 9.04. The van der Waals surface area contributed by atoms with Crippen molar-refractivity contribution in [1.82, 2.24) is 9.80 Å². The second-order valence-corrected chi connectivity index (χ2v) is 9.04. The maximum Gasteiger partial charge on any atom is 0.261 e. The summed E-state index contributed by atoms with van der Waals surface area (Å²) in [6.45, 7) is 10.0. The van der Waals surface area contributed by atoms with Gasteiger partial charge in [-0.2, -0.15) is 0 Å². The Labute approximate surface area is 192 Å². The third-order valence-electron chi connectivity index (χ3n) is 7.07. The Kier molecular flexibility index (Phi) is 4.67. The van der Waals surface area contributed by atoms with Crippen molar-refractivity contribution >= 4 is 23.5 Å². The molecule has 0 aromatic heterocycles. The summed E-state index contributed by atoms with van der Waals surface area (Å²) >= 11 is 0. The third kappa shape index (κ3) is 3.23. The average Bonchev–Trinajstić information content (AvgIpc) is 3.03. The molecule has 3 heterocycles. The number of aliphatic imine (C=N–C) groups is 1. The lowest BCUT2D eigenvalue weighted by Crippen LogP contribution is -2.56. The van der Waals surface area contributed by atoms with Crippen LogP contribution >= 0.6 is 0 Å². The molecule has 33 heavy (non-hydrogen) atoms. The van der Waals surface area contributed by atoms with Crippen LogP contribution in [0.5, 0.6) is 5.75 Å². The number of carbonyl (C=O) groups is 2. The molecule has 0 bridgehead atoms. The minimum Gasteiger partial charge on any atom is -0.487 e. The number of guanidine groups is 1. The number of amides is 2. The second kappa shape index (κ2) is 7.34. The number of hydrogen-bond acceptors (Lipinski definition) is 5. The fraction of sp³-hybridized carbons (Fsp3) is 0.360. The number of likely N-dealkylation sites (N-methyl/N-ethyl adjacent to an activating group) is 1. The summed E-state index contributed by atoms with van der Waals surface area (Å²) in [6, 6.07) is 13.1. The van der Waals surface area contributed by atoms with Crippen LogP contribution in [0.1, 0.15) is 31.7 Å². The third-order valence-corrected chi connectivity index (χ3v) is 7.07. The molecule has 1 saturated heterocycles. The zero-order valence-corrected chi connectivity index (χ0v) is 18.7. The number of benzene rings is 2. The number of likely N-dealkylation sites (tertiary alicyclic amines) is 1. The molecule has 2 aromatic rings. The molecule has 8 nitrogen and oxygen atoms in total. The van der Waals surface area contributed by atoms with Crippen molar-refractivity contribution < 1.29 is 14.3 Å². The minimum absolute atomic E-state index is 0.0426. The Bertz CT molecular complexity index is 1240. The first-order valence-electron chi connectivity index (χ1n) is 11.0. The SMILES string of the molecule is [C-]#[N+]c1cccc(-c2ccc3c(c2)C2(CC4(CCN(C(C)=O)CC4)O3)N=C(N)N(C)C2=O)c1. The predicted octanol–water partition coefficient (Wildman–Crippen LogP) is 3.05. The molecule has 2 N–H and O–H groups in total. The lowest BCUT2D eigenvalue weighted by Gasteiger charge is -2.48. The van der Waals surface area contributed by atoms with Gasteiger partial charge in [-0.15, -0.1) is 0 Å². The Balaban J connectivity index is 1.62. The van der Waals surface area contributed by atoms with Crippen molar-refractivity contribution in [1.29, 1.82) is 0 Å². The van der Waals surface area contributed by atoms with E-state index in [0.29, 0.717) is 49.4 Å². The molecule has 1 unspecified atom stereocenters. The van der Waals surface area contributed by atoms with Crippen LogP contribution in [0.25, 0.3) is 16.0 Å². The van der Waals surface area contributed by atoms with Gasteiger partial charge in [0.1, 0.15) is 11.4 Å². The van der Waals surface area contributed by atoms with Gasteiger partial charge < -0.3 is 15.4 Å². The summed E-state index contributed by atoms with van der Waals surface area (Å²) in [5.74, 6) is 0.665. The molecule has 5 rings (SSSR count). The Hall–Kier alpha value is -3.86. The highest BCUT2D eigenvalue weighted by Crippen LogP contribution is 2.52. The molecular weight excluding hydrogens is 418 g/mol. The van der Waals surface area contributed by atoms with Gasteiger partial charge in [-0.05, 0) is 29.3 Å². The molecule has 1 fully saturated rings. The summed E-state index contributed by atoms with van der Waals surface area (Å²) < 4.78 is 6.56. The lowest BCUT2D eigenvalue weighted by atomic mass is 9.72. The Morgan fingerprint density at radius 2 is 1.91 bits per heavy atom. The highest BCUT2D eigenvalue weighted by Gasteiger charge is 2.58. The topological polar surface area (TPSA) is 92.6 Å². The van der Waals surface area contributed by atoms with Crippen LogP contribution in [-0.2, 0) is 15.1 Å². The van der Waals surface area contributed by atoms with Crippen molar-refractivity contribution in [3.05, 3.63) is 59.4 Å². The van der Waals surface area contributed by atoms with E-state index in [2.05, 4.69) is 4.85 Å². The molecule has 2 aromatic carbocycles. The number of carbonyl (C=O) groups excluding carboxylic acids is 2. The number of ether oxygens (including phenoxy) is 1. The van der Waals surface area contributed by atoms with E-state index in [9.17, 15) is 9.59 Å². The van der Waals surface area contributed by atoms with E-state index < -0.39 is 11.1 Å². The van der Waals surface area contributed by atoms with Crippen LogP contribution in [0, 0.1) is 6.57 Å². The van der Waals surface area contributed by atoms with Gasteiger partial charge in [0.15, 0.2) is 17.2 Å². The largest absolute Gasteiger partial charge is 0.487 e. The van der Waals surface area contributed by atoms with E-state index in [1.54, 1.807) is 20.0 Å². The first-order valence-corrected chi connectivity index (χ1v) is 11.0. The van der Waals surface area contributed by atoms with E-state index in [4.69, 9.17) is 22.0 Å². The van der Waals surface area contributed by atoms with Gasteiger partial charge in [0, 0.05) is 51.9 Å². The minimum atomic E-state index is -1.17. The van der Waals surface area contributed by atoms with Crippen LogP contribution in [0.2, 0.25) is 0 Å². The standard InChI is InChI=1S/C25H25N5O3/c1-16(31)30-11-9-24(10-12-30)15-25(22(32)29(3)23(26)28-25)20-14-18(7-8-21(20)33-24)17-5-4-6-19(13-17)27-2/h4-8,13-14H,9-12,15H2,1,3H3,(H2,26,28). The van der Waals surface area contributed by atoms with Crippen molar-refractivity contribution in [2.75, 3.05) is 20.1 Å². The number of fused-ring (bicyclic) bond motifs is 2. The van der Waals surface area contributed by atoms with Gasteiger partial charge in [0.2, 0.25) is 5.91 Å². The highest BCUT2D eigenvalue weighted by atomic mass is 16.5. The lowest BCUT2D eigenvalue weighted by molar-refractivity contribution is -0.139. The van der Waals surface area contributed by atoms with Gasteiger partial charge in [0.25, 0.3) is 5.91 Å². The summed E-state index contributed by atoms with van der Waals surface area (Å²) in [5, 5.41) is 0. The Morgan fingerprint density at radius 3 is 2.55 bits per heavy atom. The summed E-state index contributed by atoms with van der Waals surface area (Å²) in [7, 11) is 1.64. The molecule has 0 saturated carbocycles. The van der Waals surface area contributed by atoms with E-state index in [0.717, 1.165) is 11.1 Å². The number of nitrogens with zero attached hydrogens (tertiary/aromatic N) is 4. The molecule has 168 valence electrons. The first kappa shape index (κ1) is 21.0. The molecule has 0 aliphatic carbocycles. The van der Waals surface area contributed by atoms with Crippen LogP contribution < -0.4 is 10.5 Å². The van der Waals surface area contributed by atoms with E-state index in [1.807, 2.05) is 41.3 Å². The highest BCUT2D eigenvalue weighted by molar-refractivity contribution is 6.07. The predicted molar refractivity (Wildman–Crippen MR) is 124 cm³/mol. The number of hydrogen-bond donors (Lipinski definition) is 1. The molecule has 8 heteroatoms. The molecule has 3 aliphatic heterocycles. The van der Waals surface area contributed by atoms with Crippen LogP contribution in [0.15, 0.2) is 47.5 Å². The maximum absolute atomic E-state index is 13.6. The van der Waals surface area contributed by atoms with Crippen molar-refractivity contribution in [3.63, 3.8) is 0 Å². The number of nitrogens with two attached hydrogens (primary N) is 1. The van der Waals surface area contributed by atoms with Gasteiger partial charge in [-0.3, -0.25) is 14.5 Å².